The number of nitrogens with zero attached hydrogens (tertiary/aromatic N) is 2. The first-order valence-corrected chi connectivity index (χ1v) is 5.88. The third kappa shape index (κ3) is 2.46. The molecule has 1 aromatic carbocycles. The summed E-state index contributed by atoms with van der Waals surface area (Å²) < 4.78 is 20.2. The van der Waals surface area contributed by atoms with E-state index in [1.165, 1.54) is 4.68 Å². The molecule has 0 aliphatic carbocycles. The molecule has 17 heavy (non-hydrogen) atoms. The van der Waals surface area contributed by atoms with Gasteiger partial charge in [0.2, 0.25) is 0 Å². The third-order valence-corrected chi connectivity index (χ3v) is 2.83. The largest absolute Gasteiger partial charge is 0.465 e. The summed E-state index contributed by atoms with van der Waals surface area (Å²) in [7, 11) is 0. The topological polar surface area (TPSA) is 44.1 Å². The summed E-state index contributed by atoms with van der Waals surface area (Å²) in [5.74, 6) is -0.815. The zero-order valence-corrected chi connectivity index (χ0v) is 10.7. The smallest absolute Gasteiger partial charge is 0.327 e. The fraction of sp³-hybridized carbons (Fsp3) is 0.273. The van der Waals surface area contributed by atoms with E-state index < -0.39 is 5.82 Å². The molecule has 6 heteroatoms. The second kappa shape index (κ2) is 4.83. The highest BCUT2D eigenvalue weighted by molar-refractivity contribution is 9.10. The van der Waals surface area contributed by atoms with Gasteiger partial charge in [-0.2, -0.15) is 5.10 Å². The van der Waals surface area contributed by atoms with Gasteiger partial charge >= 0.3 is 5.97 Å². The molecule has 0 aliphatic rings. The Balaban J connectivity index is 2.32. The van der Waals surface area contributed by atoms with Gasteiger partial charge in [0.05, 0.1) is 11.1 Å². The van der Waals surface area contributed by atoms with Crippen LogP contribution < -0.4 is 0 Å². The maximum Gasteiger partial charge on any atom is 0.327 e. The van der Waals surface area contributed by atoms with Gasteiger partial charge in [-0.25, -0.2) is 4.39 Å². The van der Waals surface area contributed by atoms with E-state index in [2.05, 4.69) is 21.0 Å². The highest BCUT2D eigenvalue weighted by Crippen LogP contribution is 2.23. The SMILES string of the molecule is CCOC(=O)Cn1cc2ccc(Br)c(F)c2n1. The minimum atomic E-state index is -0.426. The van der Waals surface area contributed by atoms with Gasteiger partial charge in [0.1, 0.15) is 12.1 Å². The monoisotopic (exact) mass is 300 g/mol. The van der Waals surface area contributed by atoms with Crippen molar-refractivity contribution in [2.75, 3.05) is 6.61 Å². The van der Waals surface area contributed by atoms with Crippen LogP contribution in [0.4, 0.5) is 4.39 Å². The molecule has 0 atom stereocenters. The Labute approximate surface area is 105 Å². The van der Waals surface area contributed by atoms with Crippen LogP contribution >= 0.6 is 15.9 Å². The number of esters is 1. The van der Waals surface area contributed by atoms with Crippen molar-refractivity contribution < 1.29 is 13.9 Å². The standard InChI is InChI=1S/C11H10BrFN2O2/c1-2-17-9(16)6-15-5-7-3-4-8(12)10(13)11(7)14-15/h3-5H,2,6H2,1H3. The Morgan fingerprint density at radius 2 is 2.35 bits per heavy atom. The molecule has 0 bridgehead atoms. The minimum absolute atomic E-state index is 0.0143. The van der Waals surface area contributed by atoms with Gasteiger partial charge in [-0.1, -0.05) is 0 Å². The lowest BCUT2D eigenvalue weighted by Gasteiger charge is -2.00. The lowest BCUT2D eigenvalue weighted by Crippen LogP contribution is -2.13. The molecule has 1 aromatic heterocycles. The Bertz CT molecular complexity index is 568. The van der Waals surface area contributed by atoms with E-state index in [4.69, 9.17) is 4.74 Å². The maximum atomic E-state index is 13.7. The molecule has 0 N–H and O–H groups in total. The van der Waals surface area contributed by atoms with Gasteiger partial charge in [-0.05, 0) is 35.0 Å². The van der Waals surface area contributed by atoms with Gasteiger partial charge in [-0.3, -0.25) is 9.48 Å². The molecule has 2 rings (SSSR count). The second-order valence-electron chi connectivity index (χ2n) is 3.43. The molecule has 90 valence electrons. The zero-order chi connectivity index (χ0) is 12.4. The number of hydrogen-bond acceptors (Lipinski definition) is 3. The summed E-state index contributed by atoms with van der Waals surface area (Å²) in [5.41, 5.74) is 0.240. The number of rotatable bonds is 3. The predicted octanol–water partition coefficient (Wildman–Crippen LogP) is 2.50. The van der Waals surface area contributed by atoms with Crippen LogP contribution in [0.1, 0.15) is 6.92 Å². The number of carbonyl (C=O) groups is 1. The molecule has 0 unspecified atom stereocenters. The van der Waals surface area contributed by atoms with Crippen LogP contribution in [0.5, 0.6) is 0 Å². The number of carbonyl (C=O) groups excluding carboxylic acids is 1. The molecule has 0 aliphatic heterocycles. The van der Waals surface area contributed by atoms with Gasteiger partial charge < -0.3 is 4.74 Å². The van der Waals surface area contributed by atoms with E-state index in [1.54, 1.807) is 25.3 Å². The summed E-state index contributed by atoms with van der Waals surface area (Å²) in [6, 6.07) is 3.34. The third-order valence-electron chi connectivity index (χ3n) is 2.21. The normalized spacial score (nSPS) is 10.8. The lowest BCUT2D eigenvalue weighted by molar-refractivity contribution is -0.144. The van der Waals surface area contributed by atoms with E-state index in [0.29, 0.717) is 16.5 Å². The van der Waals surface area contributed by atoms with Crippen molar-refractivity contribution in [3.8, 4) is 0 Å². The van der Waals surface area contributed by atoms with E-state index in [0.717, 1.165) is 0 Å². The van der Waals surface area contributed by atoms with Crippen molar-refractivity contribution in [2.24, 2.45) is 0 Å². The predicted molar refractivity (Wildman–Crippen MR) is 64.0 cm³/mol. The molecule has 0 radical (unpaired) electrons. The number of hydrogen-bond donors (Lipinski definition) is 0. The molecule has 0 saturated heterocycles. The van der Waals surface area contributed by atoms with Crippen LogP contribution in [0.2, 0.25) is 0 Å². The summed E-state index contributed by atoms with van der Waals surface area (Å²) in [4.78, 5) is 11.3. The maximum absolute atomic E-state index is 13.7. The Morgan fingerprint density at radius 3 is 3.06 bits per heavy atom. The van der Waals surface area contributed by atoms with Crippen LogP contribution in [0, 0.1) is 5.82 Å². The molecule has 4 nitrogen and oxygen atoms in total. The molecular formula is C11H10BrFN2O2. The molecule has 1 heterocycles. The minimum Gasteiger partial charge on any atom is -0.465 e. The van der Waals surface area contributed by atoms with E-state index in [1.807, 2.05) is 0 Å². The highest BCUT2D eigenvalue weighted by Gasteiger charge is 2.11. The van der Waals surface area contributed by atoms with Gasteiger partial charge in [0, 0.05) is 11.6 Å². The van der Waals surface area contributed by atoms with Crippen molar-refractivity contribution >= 4 is 32.8 Å². The van der Waals surface area contributed by atoms with Crippen molar-refractivity contribution in [3.63, 3.8) is 0 Å². The summed E-state index contributed by atoms with van der Waals surface area (Å²) >= 11 is 3.09. The lowest BCUT2D eigenvalue weighted by atomic mass is 10.2. The first-order chi connectivity index (χ1) is 8.11. The quantitative estimate of drug-likeness (QED) is 0.818. The average molecular weight is 301 g/mol. The molecule has 0 spiro atoms. The van der Waals surface area contributed by atoms with Crippen LogP contribution in [0.25, 0.3) is 10.9 Å². The molecule has 0 fully saturated rings. The van der Waals surface area contributed by atoms with Gasteiger partial charge in [0.15, 0.2) is 5.82 Å². The Kier molecular flexibility index (Phi) is 3.42. The van der Waals surface area contributed by atoms with Crippen LogP contribution in [-0.2, 0) is 16.1 Å². The van der Waals surface area contributed by atoms with Gasteiger partial charge in [0.25, 0.3) is 0 Å². The molecular weight excluding hydrogens is 291 g/mol. The Hall–Kier alpha value is -1.43. The summed E-state index contributed by atoms with van der Waals surface area (Å²) in [5, 5.41) is 4.65. The van der Waals surface area contributed by atoms with Crippen molar-refractivity contribution in [1.82, 2.24) is 9.78 Å². The van der Waals surface area contributed by atoms with Crippen molar-refractivity contribution in [2.45, 2.75) is 13.5 Å². The van der Waals surface area contributed by atoms with E-state index in [9.17, 15) is 9.18 Å². The van der Waals surface area contributed by atoms with E-state index >= 15 is 0 Å². The number of benzene rings is 1. The highest BCUT2D eigenvalue weighted by atomic mass is 79.9. The van der Waals surface area contributed by atoms with Gasteiger partial charge in [-0.15, -0.1) is 0 Å². The first-order valence-electron chi connectivity index (χ1n) is 5.08. The summed E-state index contributed by atoms with van der Waals surface area (Å²) in [6.07, 6.45) is 1.61. The summed E-state index contributed by atoms with van der Waals surface area (Å²) in [6.45, 7) is 2.04. The van der Waals surface area contributed by atoms with Crippen molar-refractivity contribution in [1.29, 1.82) is 0 Å². The zero-order valence-electron chi connectivity index (χ0n) is 9.11. The number of aromatic nitrogens is 2. The van der Waals surface area contributed by atoms with Crippen LogP contribution in [-0.4, -0.2) is 22.4 Å². The number of halogens is 2. The van der Waals surface area contributed by atoms with E-state index in [-0.39, 0.29) is 18.0 Å². The fourth-order valence-electron chi connectivity index (χ4n) is 1.50. The van der Waals surface area contributed by atoms with Crippen molar-refractivity contribution in [3.05, 3.63) is 28.6 Å². The molecule has 0 saturated carbocycles. The molecule has 0 amide bonds. The average Bonchev–Trinajstić information content (AvgIpc) is 2.67. The fourth-order valence-corrected chi connectivity index (χ4v) is 1.82. The first kappa shape index (κ1) is 12.0. The molecule has 2 aromatic rings. The van der Waals surface area contributed by atoms with Crippen LogP contribution in [0.3, 0.4) is 0 Å². The number of ether oxygens (including phenoxy) is 1. The number of fused-ring (bicyclic) bond motifs is 1. The van der Waals surface area contributed by atoms with Crippen LogP contribution in [0.15, 0.2) is 22.8 Å². The Morgan fingerprint density at radius 1 is 1.59 bits per heavy atom. The second-order valence-corrected chi connectivity index (χ2v) is 4.29.